The standard InChI is InChI=1S/C20H21NO3.C3H8/c1-13-9-16(10-14(2)20(13)22)11-19-21-18(15(3)24-19)12-23-17-7-5-4-6-8-17;1-3-2/h4-10,22H,11-12H2,1-3H3;3H2,1-2H3. The third-order valence-electron chi connectivity index (χ3n) is 3.96. The molecule has 3 rings (SSSR count). The third-order valence-corrected chi connectivity index (χ3v) is 3.96. The lowest BCUT2D eigenvalue weighted by Crippen LogP contribution is -1.98. The van der Waals surface area contributed by atoms with Gasteiger partial charge in [-0.25, -0.2) is 4.98 Å². The van der Waals surface area contributed by atoms with Crippen molar-refractivity contribution in [2.24, 2.45) is 0 Å². The number of rotatable bonds is 5. The number of ether oxygens (including phenoxy) is 1. The average molecular weight is 367 g/mol. The molecule has 3 aromatic rings. The van der Waals surface area contributed by atoms with Crippen LogP contribution in [0.25, 0.3) is 0 Å². The molecule has 0 aliphatic carbocycles. The van der Waals surface area contributed by atoms with Crippen molar-refractivity contribution in [3.63, 3.8) is 0 Å². The van der Waals surface area contributed by atoms with Gasteiger partial charge in [0.1, 0.15) is 29.6 Å². The Morgan fingerprint density at radius 3 is 2.19 bits per heavy atom. The van der Waals surface area contributed by atoms with Gasteiger partial charge in [0, 0.05) is 6.42 Å². The monoisotopic (exact) mass is 367 g/mol. The van der Waals surface area contributed by atoms with Crippen molar-refractivity contribution < 1.29 is 14.3 Å². The molecule has 4 nitrogen and oxygen atoms in total. The van der Waals surface area contributed by atoms with Crippen LogP contribution in [-0.4, -0.2) is 10.1 Å². The van der Waals surface area contributed by atoms with E-state index in [4.69, 9.17) is 9.15 Å². The maximum absolute atomic E-state index is 9.87. The number of aromatic hydroxyl groups is 1. The number of aromatic nitrogens is 1. The van der Waals surface area contributed by atoms with Crippen LogP contribution in [0.3, 0.4) is 0 Å². The van der Waals surface area contributed by atoms with Gasteiger partial charge in [0.15, 0.2) is 5.89 Å². The van der Waals surface area contributed by atoms with Gasteiger partial charge in [0.2, 0.25) is 0 Å². The first-order chi connectivity index (χ1) is 12.9. The molecule has 2 aromatic carbocycles. The summed E-state index contributed by atoms with van der Waals surface area (Å²) in [6, 6.07) is 13.6. The molecule has 0 aliphatic rings. The van der Waals surface area contributed by atoms with Gasteiger partial charge in [-0.2, -0.15) is 0 Å². The number of phenolic OH excluding ortho intramolecular Hbond substituents is 1. The van der Waals surface area contributed by atoms with Crippen LogP contribution in [0.2, 0.25) is 0 Å². The van der Waals surface area contributed by atoms with E-state index in [0.717, 1.165) is 33.9 Å². The normalized spacial score (nSPS) is 10.3. The van der Waals surface area contributed by atoms with Gasteiger partial charge in [-0.3, -0.25) is 0 Å². The second kappa shape index (κ2) is 9.81. The van der Waals surface area contributed by atoms with E-state index in [1.165, 1.54) is 6.42 Å². The van der Waals surface area contributed by atoms with E-state index < -0.39 is 0 Å². The van der Waals surface area contributed by atoms with Crippen molar-refractivity contribution in [2.75, 3.05) is 0 Å². The molecule has 144 valence electrons. The first kappa shape index (κ1) is 20.6. The Morgan fingerprint density at radius 1 is 1.00 bits per heavy atom. The van der Waals surface area contributed by atoms with Gasteiger partial charge >= 0.3 is 0 Å². The first-order valence-corrected chi connectivity index (χ1v) is 9.36. The van der Waals surface area contributed by atoms with Crippen LogP contribution in [0, 0.1) is 20.8 Å². The Labute approximate surface area is 161 Å². The number of hydrogen-bond donors (Lipinski definition) is 1. The molecule has 0 saturated carbocycles. The predicted molar refractivity (Wildman–Crippen MR) is 108 cm³/mol. The predicted octanol–water partition coefficient (Wildman–Crippen LogP) is 5.89. The second-order valence-corrected chi connectivity index (χ2v) is 6.67. The summed E-state index contributed by atoms with van der Waals surface area (Å²) < 4.78 is 11.5. The van der Waals surface area contributed by atoms with Crippen LogP contribution in [0.4, 0.5) is 0 Å². The smallest absolute Gasteiger partial charge is 0.199 e. The molecule has 1 heterocycles. The lowest BCUT2D eigenvalue weighted by molar-refractivity contribution is 0.299. The summed E-state index contributed by atoms with van der Waals surface area (Å²) in [5.74, 6) is 2.59. The molecule has 0 fully saturated rings. The fourth-order valence-electron chi connectivity index (χ4n) is 2.69. The number of benzene rings is 2. The summed E-state index contributed by atoms with van der Waals surface area (Å²) in [6.45, 7) is 10.3. The van der Waals surface area contributed by atoms with Gasteiger partial charge in [-0.1, -0.05) is 50.6 Å². The summed E-state index contributed by atoms with van der Waals surface area (Å²) in [4.78, 5) is 4.55. The molecule has 0 atom stereocenters. The molecule has 0 unspecified atom stereocenters. The summed E-state index contributed by atoms with van der Waals surface area (Å²) in [7, 11) is 0. The van der Waals surface area contributed by atoms with Gasteiger partial charge in [-0.05, 0) is 49.6 Å². The second-order valence-electron chi connectivity index (χ2n) is 6.67. The van der Waals surface area contributed by atoms with Crippen molar-refractivity contribution in [2.45, 2.75) is 54.1 Å². The van der Waals surface area contributed by atoms with Gasteiger partial charge in [0.25, 0.3) is 0 Å². The Morgan fingerprint density at radius 2 is 1.59 bits per heavy atom. The SMILES string of the molecule is CCC.Cc1cc(Cc2nc(COc3ccccc3)c(C)o2)cc(C)c1O. The fourth-order valence-corrected chi connectivity index (χ4v) is 2.69. The van der Waals surface area contributed by atoms with E-state index in [2.05, 4.69) is 18.8 Å². The Kier molecular flexibility index (Phi) is 7.47. The lowest BCUT2D eigenvalue weighted by Gasteiger charge is -2.06. The van der Waals surface area contributed by atoms with E-state index in [-0.39, 0.29) is 0 Å². The summed E-state index contributed by atoms with van der Waals surface area (Å²) in [5.41, 5.74) is 3.60. The van der Waals surface area contributed by atoms with Crippen LogP contribution in [0.5, 0.6) is 11.5 Å². The summed E-state index contributed by atoms with van der Waals surface area (Å²) in [6.07, 6.45) is 1.84. The van der Waals surface area contributed by atoms with E-state index in [9.17, 15) is 5.11 Å². The summed E-state index contributed by atoms with van der Waals surface area (Å²) >= 11 is 0. The van der Waals surface area contributed by atoms with Crippen LogP contribution >= 0.6 is 0 Å². The average Bonchev–Trinajstić information content (AvgIpc) is 2.98. The number of hydrogen-bond acceptors (Lipinski definition) is 4. The highest BCUT2D eigenvalue weighted by Crippen LogP contribution is 2.25. The summed E-state index contributed by atoms with van der Waals surface area (Å²) in [5, 5.41) is 9.87. The Bertz CT molecular complexity index is 830. The van der Waals surface area contributed by atoms with Gasteiger partial charge in [-0.15, -0.1) is 0 Å². The van der Waals surface area contributed by atoms with Gasteiger partial charge < -0.3 is 14.3 Å². The van der Waals surface area contributed by atoms with Gasteiger partial charge in [0.05, 0.1) is 0 Å². The largest absolute Gasteiger partial charge is 0.507 e. The minimum absolute atomic E-state index is 0.347. The van der Waals surface area contributed by atoms with Crippen LogP contribution in [0.15, 0.2) is 46.9 Å². The molecular formula is C23H29NO3. The molecule has 0 radical (unpaired) electrons. The quantitative estimate of drug-likeness (QED) is 0.611. The first-order valence-electron chi connectivity index (χ1n) is 9.36. The molecule has 4 heteroatoms. The molecule has 0 spiro atoms. The molecule has 1 N–H and O–H groups in total. The van der Waals surface area contributed by atoms with E-state index in [0.29, 0.717) is 24.7 Å². The molecule has 0 aliphatic heterocycles. The van der Waals surface area contributed by atoms with Crippen LogP contribution < -0.4 is 4.74 Å². The topological polar surface area (TPSA) is 55.5 Å². The Balaban J connectivity index is 0.000000817. The van der Waals surface area contributed by atoms with Crippen LogP contribution in [-0.2, 0) is 13.0 Å². The van der Waals surface area contributed by atoms with Crippen LogP contribution in [0.1, 0.15) is 54.3 Å². The highest BCUT2D eigenvalue weighted by Gasteiger charge is 2.12. The Hall–Kier alpha value is -2.75. The number of aryl methyl sites for hydroxylation is 3. The van der Waals surface area contributed by atoms with Crippen molar-refractivity contribution in [3.05, 3.63) is 76.5 Å². The highest BCUT2D eigenvalue weighted by atomic mass is 16.5. The maximum Gasteiger partial charge on any atom is 0.199 e. The van der Waals surface area contributed by atoms with E-state index in [1.54, 1.807) is 0 Å². The minimum Gasteiger partial charge on any atom is -0.507 e. The molecule has 1 aromatic heterocycles. The maximum atomic E-state index is 9.87. The van der Waals surface area contributed by atoms with Crippen molar-refractivity contribution in [3.8, 4) is 11.5 Å². The molecular weight excluding hydrogens is 338 g/mol. The number of oxazole rings is 1. The number of nitrogens with zero attached hydrogens (tertiary/aromatic N) is 1. The lowest BCUT2D eigenvalue weighted by atomic mass is 10.0. The fraction of sp³-hybridized carbons (Fsp3) is 0.348. The van der Waals surface area contributed by atoms with Crippen molar-refractivity contribution in [1.29, 1.82) is 0 Å². The van der Waals surface area contributed by atoms with E-state index >= 15 is 0 Å². The van der Waals surface area contributed by atoms with E-state index in [1.807, 2.05) is 63.2 Å². The zero-order valence-electron chi connectivity index (χ0n) is 16.9. The molecule has 0 saturated heterocycles. The number of para-hydroxylation sites is 1. The van der Waals surface area contributed by atoms with Crippen molar-refractivity contribution >= 4 is 0 Å². The zero-order valence-corrected chi connectivity index (χ0v) is 16.9. The highest BCUT2D eigenvalue weighted by molar-refractivity contribution is 5.42. The molecule has 0 amide bonds. The number of phenols is 1. The zero-order chi connectivity index (χ0) is 19.8. The molecule has 27 heavy (non-hydrogen) atoms. The van der Waals surface area contributed by atoms with Crippen molar-refractivity contribution in [1.82, 2.24) is 4.98 Å². The minimum atomic E-state index is 0.347. The molecule has 0 bridgehead atoms. The third kappa shape index (κ3) is 5.88.